The third-order valence-electron chi connectivity index (χ3n) is 3.75. The lowest BCUT2D eigenvalue weighted by atomic mass is 9.84. The molecule has 0 aromatic carbocycles. The largest absolute Gasteiger partial charge is 0.348 e. The topological polar surface area (TPSA) is 3.24 Å². The summed E-state index contributed by atoms with van der Waals surface area (Å²) in [6, 6.07) is 0. The molecule has 0 fully saturated rings. The van der Waals surface area contributed by atoms with Crippen molar-refractivity contribution >= 4 is 0 Å². The molecule has 78 valence electrons. The van der Waals surface area contributed by atoms with Gasteiger partial charge in [0, 0.05) is 24.4 Å². The van der Waals surface area contributed by atoms with Gasteiger partial charge in [0.15, 0.2) is 0 Å². The first-order valence-electron chi connectivity index (χ1n) is 5.79. The third-order valence-corrected chi connectivity index (χ3v) is 3.75. The number of likely N-dealkylation sites (N-methyl/N-ethyl adjacent to an activating group) is 1. The lowest BCUT2D eigenvalue weighted by Crippen LogP contribution is -2.14. The molecule has 0 aromatic heterocycles. The van der Waals surface area contributed by atoms with Crippen molar-refractivity contribution in [3.8, 4) is 0 Å². The zero-order valence-electron chi connectivity index (χ0n) is 9.40. The van der Waals surface area contributed by atoms with Crippen LogP contribution >= 0.6 is 0 Å². The first-order chi connectivity index (χ1) is 7.27. The van der Waals surface area contributed by atoms with Crippen molar-refractivity contribution in [3.05, 3.63) is 47.3 Å². The summed E-state index contributed by atoms with van der Waals surface area (Å²) in [5.74, 6) is 1.38. The van der Waals surface area contributed by atoms with Gasteiger partial charge in [0.1, 0.15) is 0 Å². The van der Waals surface area contributed by atoms with E-state index < -0.39 is 0 Å². The second-order valence-electron chi connectivity index (χ2n) is 4.82. The van der Waals surface area contributed by atoms with E-state index in [9.17, 15) is 0 Å². The number of hydrogen-bond donors (Lipinski definition) is 0. The maximum absolute atomic E-state index is 2.37. The first kappa shape index (κ1) is 9.02. The molecular weight excluding hydrogens is 182 g/mol. The van der Waals surface area contributed by atoms with E-state index in [1.807, 2.05) is 0 Å². The van der Waals surface area contributed by atoms with Crippen molar-refractivity contribution in [3.63, 3.8) is 0 Å². The molecule has 0 radical (unpaired) electrons. The van der Waals surface area contributed by atoms with Crippen LogP contribution in [0.2, 0.25) is 0 Å². The van der Waals surface area contributed by atoms with E-state index in [4.69, 9.17) is 0 Å². The Balaban J connectivity index is 2.04. The highest BCUT2D eigenvalue weighted by atomic mass is 15.1. The van der Waals surface area contributed by atoms with Crippen LogP contribution in [0.4, 0.5) is 0 Å². The van der Waals surface area contributed by atoms with Crippen molar-refractivity contribution in [1.82, 2.24) is 4.90 Å². The van der Waals surface area contributed by atoms with E-state index >= 15 is 0 Å². The lowest BCUT2D eigenvalue weighted by Gasteiger charge is -2.21. The molecule has 1 nitrogen and oxygen atoms in total. The molecule has 1 heterocycles. The van der Waals surface area contributed by atoms with Gasteiger partial charge in [0.25, 0.3) is 0 Å². The number of fused-ring (bicyclic) bond motifs is 2. The molecule has 2 atom stereocenters. The van der Waals surface area contributed by atoms with E-state index in [-0.39, 0.29) is 0 Å². The van der Waals surface area contributed by atoms with Crippen molar-refractivity contribution in [2.24, 2.45) is 11.8 Å². The molecule has 3 aliphatic rings. The predicted molar refractivity (Wildman–Crippen MR) is 63.0 cm³/mol. The van der Waals surface area contributed by atoms with Gasteiger partial charge in [-0.05, 0) is 36.5 Å². The highest BCUT2D eigenvalue weighted by molar-refractivity contribution is 5.45. The number of allylic oxidation sites excluding steroid dienone is 6. The van der Waals surface area contributed by atoms with Gasteiger partial charge in [0.2, 0.25) is 0 Å². The van der Waals surface area contributed by atoms with Crippen LogP contribution in [0.1, 0.15) is 19.8 Å². The summed E-state index contributed by atoms with van der Waals surface area (Å²) >= 11 is 0. The molecule has 0 saturated heterocycles. The Morgan fingerprint density at radius 1 is 1.40 bits per heavy atom. The number of nitrogens with zero attached hydrogens (tertiary/aromatic N) is 1. The summed E-state index contributed by atoms with van der Waals surface area (Å²) in [6.07, 6.45) is 13.8. The zero-order valence-corrected chi connectivity index (χ0v) is 9.40. The van der Waals surface area contributed by atoms with Crippen LogP contribution in [0.25, 0.3) is 0 Å². The fourth-order valence-corrected chi connectivity index (χ4v) is 2.95. The van der Waals surface area contributed by atoms with Crippen LogP contribution < -0.4 is 0 Å². The minimum absolute atomic E-state index is 0.669. The maximum atomic E-state index is 2.37. The average molecular weight is 199 g/mol. The van der Waals surface area contributed by atoms with Gasteiger partial charge in [-0.2, -0.15) is 0 Å². The maximum Gasteiger partial charge on any atom is 0.0401 e. The summed E-state index contributed by atoms with van der Waals surface area (Å²) < 4.78 is 0. The third kappa shape index (κ3) is 1.22. The van der Waals surface area contributed by atoms with E-state index in [1.54, 1.807) is 5.57 Å². The van der Waals surface area contributed by atoms with Crippen molar-refractivity contribution in [1.29, 1.82) is 0 Å². The van der Waals surface area contributed by atoms with Gasteiger partial charge in [-0.1, -0.05) is 25.2 Å². The predicted octanol–water partition coefficient (Wildman–Crippen LogP) is 3.24. The lowest BCUT2D eigenvalue weighted by molar-refractivity contribution is 0.512. The van der Waals surface area contributed by atoms with Gasteiger partial charge in [-0.3, -0.25) is 0 Å². The van der Waals surface area contributed by atoms with Crippen LogP contribution in [0, 0.1) is 11.8 Å². The quantitative estimate of drug-likeness (QED) is 0.579. The van der Waals surface area contributed by atoms with E-state index in [0.29, 0.717) is 11.8 Å². The summed E-state index contributed by atoms with van der Waals surface area (Å²) in [5, 5.41) is 0. The van der Waals surface area contributed by atoms with Crippen LogP contribution in [-0.4, -0.2) is 11.9 Å². The number of hydrogen-bond acceptors (Lipinski definition) is 1. The van der Waals surface area contributed by atoms with Gasteiger partial charge >= 0.3 is 0 Å². The van der Waals surface area contributed by atoms with Crippen LogP contribution in [0.5, 0.6) is 0 Å². The molecule has 0 bridgehead atoms. The van der Waals surface area contributed by atoms with Gasteiger partial charge < -0.3 is 4.90 Å². The highest BCUT2D eigenvalue weighted by Crippen LogP contribution is 2.45. The summed E-state index contributed by atoms with van der Waals surface area (Å²) in [6.45, 7) is 2.31. The molecule has 0 amide bonds. The summed E-state index contributed by atoms with van der Waals surface area (Å²) in [7, 11) is 2.20. The van der Waals surface area contributed by atoms with Crippen LogP contribution in [0.15, 0.2) is 47.3 Å². The monoisotopic (exact) mass is 199 g/mol. The molecular formula is C14H17N. The highest BCUT2D eigenvalue weighted by Gasteiger charge is 2.34. The first-order valence-corrected chi connectivity index (χ1v) is 5.79. The second kappa shape index (κ2) is 3.13. The van der Waals surface area contributed by atoms with Crippen molar-refractivity contribution in [2.45, 2.75) is 19.8 Å². The molecule has 2 aliphatic carbocycles. The molecule has 1 aliphatic heterocycles. The molecule has 15 heavy (non-hydrogen) atoms. The Hall–Kier alpha value is -1.24. The van der Waals surface area contributed by atoms with E-state index in [0.717, 1.165) is 0 Å². The van der Waals surface area contributed by atoms with Crippen molar-refractivity contribution < 1.29 is 0 Å². The molecule has 1 heteroatoms. The SMILES string of the molecule is CC1C=CC2=C(C1)C1CC=CC=C1N2C. The zero-order chi connectivity index (χ0) is 10.4. The van der Waals surface area contributed by atoms with Gasteiger partial charge in [0.05, 0.1) is 0 Å². The van der Waals surface area contributed by atoms with Gasteiger partial charge in [-0.15, -0.1) is 0 Å². The van der Waals surface area contributed by atoms with Crippen molar-refractivity contribution in [2.75, 3.05) is 7.05 Å². The van der Waals surface area contributed by atoms with Gasteiger partial charge in [-0.25, -0.2) is 0 Å². The molecule has 2 unspecified atom stereocenters. The minimum atomic E-state index is 0.669. The summed E-state index contributed by atoms with van der Waals surface area (Å²) in [5.41, 5.74) is 4.59. The fourth-order valence-electron chi connectivity index (χ4n) is 2.95. The fraction of sp³-hybridized carbons (Fsp3) is 0.429. The molecule has 0 N–H and O–H groups in total. The minimum Gasteiger partial charge on any atom is -0.348 e. The Morgan fingerprint density at radius 3 is 3.13 bits per heavy atom. The van der Waals surface area contributed by atoms with Crippen LogP contribution in [-0.2, 0) is 0 Å². The standard InChI is InChI=1S/C14H17N/c1-10-7-8-14-12(9-10)11-5-3-4-6-13(11)15(14)2/h3-4,6-8,10-11H,5,9H2,1-2H3. The second-order valence-corrected chi connectivity index (χ2v) is 4.82. The Morgan fingerprint density at radius 2 is 2.27 bits per heavy atom. The average Bonchev–Trinajstić information content (AvgIpc) is 2.54. The molecule has 0 aromatic rings. The molecule has 0 spiro atoms. The molecule has 3 rings (SSSR count). The smallest absolute Gasteiger partial charge is 0.0401 e. The molecule has 0 saturated carbocycles. The van der Waals surface area contributed by atoms with E-state index in [1.165, 1.54) is 24.2 Å². The number of rotatable bonds is 0. The van der Waals surface area contributed by atoms with Crippen LogP contribution in [0.3, 0.4) is 0 Å². The Bertz CT molecular complexity index is 409. The Labute approximate surface area is 91.5 Å². The summed E-state index contributed by atoms with van der Waals surface area (Å²) in [4.78, 5) is 2.37. The van der Waals surface area contributed by atoms with E-state index in [2.05, 4.69) is 49.3 Å². The normalized spacial score (nSPS) is 32.9. The Kier molecular flexibility index (Phi) is 1.88.